The van der Waals surface area contributed by atoms with E-state index in [4.69, 9.17) is 10.1 Å². The predicted octanol–water partition coefficient (Wildman–Crippen LogP) is 3.79. The molecule has 1 aliphatic rings. The molecule has 1 amide bonds. The van der Waals surface area contributed by atoms with Crippen LogP contribution < -0.4 is 0 Å². The molecule has 1 aromatic carbocycles. The number of hydrogen-bond donors (Lipinski definition) is 1. The Morgan fingerprint density at radius 2 is 2.00 bits per heavy atom. The molecular formula is C19H19N3O3S. The van der Waals surface area contributed by atoms with Gasteiger partial charge in [-0.05, 0) is 44.0 Å². The van der Waals surface area contributed by atoms with E-state index >= 15 is 0 Å². The number of likely N-dealkylation sites (tertiary alicyclic amines) is 1. The number of carboxylic acid groups (broad SMARTS) is 1. The number of aromatic nitrogens is 2. The Morgan fingerprint density at radius 3 is 2.73 bits per heavy atom. The third kappa shape index (κ3) is 2.68. The highest BCUT2D eigenvalue weighted by Crippen LogP contribution is 2.35. The molecule has 0 saturated carbocycles. The van der Waals surface area contributed by atoms with Crippen molar-refractivity contribution in [1.82, 2.24) is 14.5 Å². The maximum Gasteiger partial charge on any atom is 0.345 e. The second-order valence-corrected chi connectivity index (χ2v) is 7.41. The van der Waals surface area contributed by atoms with Crippen LogP contribution in [0.15, 0.2) is 36.4 Å². The minimum absolute atomic E-state index is 0.0785. The molecule has 3 heterocycles. The summed E-state index contributed by atoms with van der Waals surface area (Å²) < 4.78 is 2.17. The Labute approximate surface area is 154 Å². The van der Waals surface area contributed by atoms with Crippen LogP contribution in [0.4, 0.5) is 0 Å². The van der Waals surface area contributed by atoms with Crippen molar-refractivity contribution >= 4 is 34.2 Å². The smallest absolute Gasteiger partial charge is 0.345 e. The number of carbonyl (C=O) groups is 2. The number of carboxylic acids is 1. The van der Waals surface area contributed by atoms with E-state index in [0.717, 1.165) is 47.6 Å². The number of benzene rings is 1. The Hall–Kier alpha value is -2.67. The Morgan fingerprint density at radius 1 is 1.23 bits per heavy atom. The van der Waals surface area contributed by atoms with Crippen molar-refractivity contribution in [2.24, 2.45) is 0 Å². The molecule has 1 saturated heterocycles. The van der Waals surface area contributed by atoms with Gasteiger partial charge in [0.05, 0.1) is 22.0 Å². The van der Waals surface area contributed by atoms with Crippen LogP contribution in [0.5, 0.6) is 0 Å². The van der Waals surface area contributed by atoms with Crippen LogP contribution in [0.3, 0.4) is 0 Å². The fourth-order valence-electron chi connectivity index (χ4n) is 3.67. The lowest BCUT2D eigenvalue weighted by molar-refractivity contribution is 0.0700. The van der Waals surface area contributed by atoms with E-state index in [1.54, 1.807) is 6.07 Å². The molecule has 134 valence electrons. The summed E-state index contributed by atoms with van der Waals surface area (Å²) >= 11 is 1.03. The standard InChI is InChI=1S/C19H19N3O3S/c1-2-21-13-7-4-3-6-12(13)20-17(21)14-8-5-11-22(14)18(23)15-9-10-16(26-15)19(24)25/h3-4,6-7,9-10,14H,2,5,8,11H2,1H3,(H,24,25). The van der Waals surface area contributed by atoms with Crippen LogP contribution >= 0.6 is 11.3 Å². The number of nitrogens with zero attached hydrogens (tertiary/aromatic N) is 3. The van der Waals surface area contributed by atoms with Gasteiger partial charge in [-0.25, -0.2) is 9.78 Å². The van der Waals surface area contributed by atoms with Gasteiger partial charge in [0.15, 0.2) is 0 Å². The minimum atomic E-state index is -1.00. The number of fused-ring (bicyclic) bond motifs is 1. The first-order valence-corrected chi connectivity index (χ1v) is 9.51. The zero-order chi connectivity index (χ0) is 18.3. The fraction of sp³-hybridized carbons (Fsp3) is 0.316. The van der Waals surface area contributed by atoms with Gasteiger partial charge in [0, 0.05) is 13.1 Å². The van der Waals surface area contributed by atoms with Gasteiger partial charge in [0.25, 0.3) is 5.91 Å². The molecule has 6 nitrogen and oxygen atoms in total. The van der Waals surface area contributed by atoms with Crippen LogP contribution in [-0.2, 0) is 6.54 Å². The summed E-state index contributed by atoms with van der Waals surface area (Å²) in [6.07, 6.45) is 1.78. The normalized spacial score (nSPS) is 17.1. The van der Waals surface area contributed by atoms with Crippen molar-refractivity contribution in [2.75, 3.05) is 6.54 Å². The molecule has 26 heavy (non-hydrogen) atoms. The Balaban J connectivity index is 1.70. The van der Waals surface area contributed by atoms with Crippen molar-refractivity contribution < 1.29 is 14.7 Å². The van der Waals surface area contributed by atoms with Crippen LogP contribution in [0.25, 0.3) is 11.0 Å². The maximum atomic E-state index is 13.0. The van der Waals surface area contributed by atoms with Gasteiger partial charge in [-0.3, -0.25) is 4.79 Å². The second kappa shape index (κ2) is 6.57. The number of carbonyl (C=O) groups excluding carboxylic acids is 1. The second-order valence-electron chi connectivity index (χ2n) is 6.33. The lowest BCUT2D eigenvalue weighted by Gasteiger charge is -2.24. The molecule has 1 atom stereocenters. The van der Waals surface area contributed by atoms with Gasteiger partial charge in [0.1, 0.15) is 10.7 Å². The van der Waals surface area contributed by atoms with Crippen LogP contribution in [0.1, 0.15) is 51.0 Å². The largest absolute Gasteiger partial charge is 0.477 e. The zero-order valence-corrected chi connectivity index (χ0v) is 15.2. The first-order chi connectivity index (χ1) is 12.6. The summed E-state index contributed by atoms with van der Waals surface area (Å²) in [5.74, 6) is -0.200. The molecular weight excluding hydrogens is 350 g/mol. The van der Waals surface area contributed by atoms with Gasteiger partial charge in [-0.2, -0.15) is 0 Å². The highest BCUT2D eigenvalue weighted by atomic mass is 32.1. The third-order valence-corrected chi connectivity index (χ3v) is 5.90. The molecule has 1 fully saturated rings. The molecule has 1 unspecified atom stereocenters. The Kier molecular flexibility index (Phi) is 4.24. The van der Waals surface area contributed by atoms with E-state index < -0.39 is 5.97 Å². The number of rotatable bonds is 4. The van der Waals surface area contributed by atoms with E-state index in [-0.39, 0.29) is 16.8 Å². The summed E-state index contributed by atoms with van der Waals surface area (Å²) in [6.45, 7) is 3.53. The summed E-state index contributed by atoms with van der Waals surface area (Å²) in [6, 6.07) is 11.0. The maximum absolute atomic E-state index is 13.0. The number of aromatic carboxylic acids is 1. The molecule has 1 N–H and O–H groups in total. The quantitative estimate of drug-likeness (QED) is 0.759. The first-order valence-electron chi connectivity index (χ1n) is 8.69. The topological polar surface area (TPSA) is 75.4 Å². The summed E-state index contributed by atoms with van der Waals surface area (Å²) in [5, 5.41) is 9.10. The summed E-state index contributed by atoms with van der Waals surface area (Å²) in [4.78, 5) is 31.4. The van der Waals surface area contributed by atoms with E-state index in [9.17, 15) is 9.59 Å². The van der Waals surface area contributed by atoms with Gasteiger partial charge in [0.2, 0.25) is 0 Å². The van der Waals surface area contributed by atoms with Crippen molar-refractivity contribution in [3.05, 3.63) is 52.0 Å². The molecule has 0 radical (unpaired) electrons. The van der Waals surface area contributed by atoms with E-state index in [2.05, 4.69) is 17.6 Å². The molecule has 0 bridgehead atoms. The van der Waals surface area contributed by atoms with Crippen molar-refractivity contribution in [3.8, 4) is 0 Å². The van der Waals surface area contributed by atoms with Crippen LogP contribution in [0, 0.1) is 0 Å². The number of para-hydroxylation sites is 2. The molecule has 3 aromatic rings. The number of hydrogen-bond acceptors (Lipinski definition) is 4. The predicted molar refractivity (Wildman–Crippen MR) is 99.7 cm³/mol. The molecule has 2 aromatic heterocycles. The Bertz CT molecular complexity index is 991. The number of imidazole rings is 1. The van der Waals surface area contributed by atoms with E-state index in [0.29, 0.717) is 11.4 Å². The monoisotopic (exact) mass is 369 g/mol. The summed E-state index contributed by atoms with van der Waals surface area (Å²) in [7, 11) is 0. The molecule has 0 aliphatic carbocycles. The van der Waals surface area contributed by atoms with Crippen molar-refractivity contribution in [1.29, 1.82) is 0 Å². The average molecular weight is 369 g/mol. The minimum Gasteiger partial charge on any atom is -0.477 e. The zero-order valence-electron chi connectivity index (χ0n) is 14.4. The summed E-state index contributed by atoms with van der Waals surface area (Å²) in [5.41, 5.74) is 2.02. The highest BCUT2D eigenvalue weighted by molar-refractivity contribution is 7.15. The first kappa shape index (κ1) is 16.8. The number of aryl methyl sites for hydroxylation is 1. The molecule has 1 aliphatic heterocycles. The van der Waals surface area contributed by atoms with Crippen LogP contribution in [-0.4, -0.2) is 38.0 Å². The molecule has 7 heteroatoms. The van der Waals surface area contributed by atoms with Gasteiger partial charge in [-0.15, -0.1) is 11.3 Å². The average Bonchev–Trinajstić information content (AvgIpc) is 3.37. The van der Waals surface area contributed by atoms with Gasteiger partial charge >= 0.3 is 5.97 Å². The van der Waals surface area contributed by atoms with Crippen LogP contribution in [0.2, 0.25) is 0 Å². The van der Waals surface area contributed by atoms with Gasteiger partial charge in [-0.1, -0.05) is 12.1 Å². The number of amides is 1. The lowest BCUT2D eigenvalue weighted by atomic mass is 10.2. The third-order valence-electron chi connectivity index (χ3n) is 4.84. The van der Waals surface area contributed by atoms with Gasteiger partial charge < -0.3 is 14.6 Å². The molecule has 4 rings (SSSR count). The number of thiophene rings is 1. The highest BCUT2D eigenvalue weighted by Gasteiger charge is 2.34. The fourth-order valence-corrected chi connectivity index (χ4v) is 4.47. The lowest BCUT2D eigenvalue weighted by Crippen LogP contribution is -2.31. The van der Waals surface area contributed by atoms with Crippen molar-refractivity contribution in [2.45, 2.75) is 32.4 Å². The molecule has 0 spiro atoms. The van der Waals surface area contributed by atoms with Crippen molar-refractivity contribution in [3.63, 3.8) is 0 Å². The van der Waals surface area contributed by atoms with E-state index in [1.165, 1.54) is 6.07 Å². The SMILES string of the molecule is CCn1c(C2CCCN2C(=O)c2ccc(C(=O)O)s2)nc2ccccc21. The van der Waals surface area contributed by atoms with E-state index in [1.807, 2.05) is 23.1 Å².